The van der Waals surface area contributed by atoms with Crippen molar-refractivity contribution in [1.82, 2.24) is 5.32 Å². The first-order chi connectivity index (χ1) is 11.1. The molecule has 0 saturated heterocycles. The Kier molecular flexibility index (Phi) is 6.56. The molecule has 2 aromatic rings. The van der Waals surface area contributed by atoms with E-state index in [-0.39, 0.29) is 5.91 Å². The Bertz CT molecular complexity index is 659. The molecule has 0 aliphatic rings. The molecule has 0 radical (unpaired) electrons. The van der Waals surface area contributed by atoms with Crippen molar-refractivity contribution in [2.24, 2.45) is 0 Å². The zero-order chi connectivity index (χ0) is 16.7. The summed E-state index contributed by atoms with van der Waals surface area (Å²) >= 11 is 11.8. The molecule has 2 rings (SSSR count). The standard InChI is InChI=1S/C17H17Cl2NO3/c1-2-22-13-4-6-14(7-5-13)23-10-9-20-17(21)15-8-3-12(18)11-16(15)19/h3-8,11H,2,9-10H2,1H3,(H,20,21). The van der Waals surface area contributed by atoms with E-state index in [9.17, 15) is 4.79 Å². The molecule has 0 atom stereocenters. The van der Waals surface area contributed by atoms with Crippen LogP contribution in [0.4, 0.5) is 0 Å². The zero-order valence-corrected chi connectivity index (χ0v) is 14.2. The van der Waals surface area contributed by atoms with Crippen LogP contribution in [0.1, 0.15) is 17.3 Å². The van der Waals surface area contributed by atoms with E-state index in [1.807, 2.05) is 31.2 Å². The molecule has 122 valence electrons. The number of hydrogen-bond acceptors (Lipinski definition) is 3. The van der Waals surface area contributed by atoms with Crippen LogP contribution in [0, 0.1) is 0 Å². The van der Waals surface area contributed by atoms with Gasteiger partial charge in [0, 0.05) is 5.02 Å². The van der Waals surface area contributed by atoms with Crippen LogP contribution in [0.25, 0.3) is 0 Å². The van der Waals surface area contributed by atoms with E-state index in [0.29, 0.717) is 41.1 Å². The highest BCUT2D eigenvalue weighted by Crippen LogP contribution is 2.21. The Morgan fingerprint density at radius 3 is 2.30 bits per heavy atom. The van der Waals surface area contributed by atoms with Crippen LogP contribution in [0.15, 0.2) is 42.5 Å². The average Bonchev–Trinajstić information content (AvgIpc) is 2.53. The minimum Gasteiger partial charge on any atom is -0.494 e. The van der Waals surface area contributed by atoms with Crippen molar-refractivity contribution in [3.63, 3.8) is 0 Å². The normalized spacial score (nSPS) is 10.2. The molecule has 0 aliphatic heterocycles. The van der Waals surface area contributed by atoms with Gasteiger partial charge < -0.3 is 14.8 Å². The summed E-state index contributed by atoms with van der Waals surface area (Å²) in [6.45, 7) is 3.27. The maximum Gasteiger partial charge on any atom is 0.252 e. The van der Waals surface area contributed by atoms with Gasteiger partial charge in [0.25, 0.3) is 5.91 Å². The molecule has 0 aromatic heterocycles. The topological polar surface area (TPSA) is 47.6 Å². The Labute approximate surface area is 145 Å². The number of halogens is 2. The van der Waals surface area contributed by atoms with E-state index in [0.717, 1.165) is 5.75 Å². The van der Waals surface area contributed by atoms with Gasteiger partial charge in [-0.05, 0) is 49.4 Å². The molecule has 0 aliphatic carbocycles. The summed E-state index contributed by atoms with van der Waals surface area (Å²) in [5, 5.41) is 3.56. The van der Waals surface area contributed by atoms with E-state index in [1.165, 1.54) is 6.07 Å². The first kappa shape index (κ1) is 17.4. The second kappa shape index (κ2) is 8.65. The Morgan fingerprint density at radius 1 is 1.04 bits per heavy atom. The molecule has 1 N–H and O–H groups in total. The summed E-state index contributed by atoms with van der Waals surface area (Å²) in [6.07, 6.45) is 0. The van der Waals surface area contributed by atoms with Crippen LogP contribution in [0.3, 0.4) is 0 Å². The smallest absolute Gasteiger partial charge is 0.252 e. The molecule has 6 heteroatoms. The van der Waals surface area contributed by atoms with Crippen LogP contribution in [-0.4, -0.2) is 25.7 Å². The fourth-order valence-electron chi connectivity index (χ4n) is 1.90. The summed E-state index contributed by atoms with van der Waals surface area (Å²) < 4.78 is 10.9. The third-order valence-corrected chi connectivity index (χ3v) is 3.51. The summed E-state index contributed by atoms with van der Waals surface area (Å²) in [6, 6.07) is 12.1. The minimum atomic E-state index is -0.262. The van der Waals surface area contributed by atoms with Crippen LogP contribution in [-0.2, 0) is 0 Å². The molecule has 23 heavy (non-hydrogen) atoms. The number of carbonyl (C=O) groups excluding carboxylic acids is 1. The van der Waals surface area contributed by atoms with Crippen molar-refractivity contribution in [1.29, 1.82) is 0 Å². The highest BCUT2D eigenvalue weighted by atomic mass is 35.5. The van der Waals surface area contributed by atoms with Gasteiger partial charge in [0.1, 0.15) is 18.1 Å². The van der Waals surface area contributed by atoms with E-state index in [2.05, 4.69) is 5.32 Å². The van der Waals surface area contributed by atoms with Crippen molar-refractivity contribution >= 4 is 29.1 Å². The zero-order valence-electron chi connectivity index (χ0n) is 12.6. The third-order valence-electron chi connectivity index (χ3n) is 2.97. The third kappa shape index (κ3) is 5.34. The van der Waals surface area contributed by atoms with Crippen molar-refractivity contribution in [3.05, 3.63) is 58.1 Å². The number of rotatable bonds is 7. The van der Waals surface area contributed by atoms with E-state index in [4.69, 9.17) is 32.7 Å². The van der Waals surface area contributed by atoms with Gasteiger partial charge >= 0.3 is 0 Å². The van der Waals surface area contributed by atoms with Crippen LogP contribution < -0.4 is 14.8 Å². The van der Waals surface area contributed by atoms with Crippen molar-refractivity contribution in [2.75, 3.05) is 19.8 Å². The van der Waals surface area contributed by atoms with Gasteiger partial charge in [-0.1, -0.05) is 23.2 Å². The molecule has 1 amide bonds. The lowest BCUT2D eigenvalue weighted by molar-refractivity contribution is 0.0947. The lowest BCUT2D eigenvalue weighted by Gasteiger charge is -2.09. The van der Waals surface area contributed by atoms with Crippen LogP contribution in [0.5, 0.6) is 11.5 Å². The summed E-state index contributed by atoms with van der Waals surface area (Å²) in [5.41, 5.74) is 0.386. The predicted octanol–water partition coefficient (Wildman–Crippen LogP) is 4.20. The monoisotopic (exact) mass is 353 g/mol. The fourth-order valence-corrected chi connectivity index (χ4v) is 2.40. The Morgan fingerprint density at radius 2 is 1.70 bits per heavy atom. The number of nitrogens with one attached hydrogen (secondary N) is 1. The quantitative estimate of drug-likeness (QED) is 0.758. The van der Waals surface area contributed by atoms with Gasteiger partial charge in [0.05, 0.1) is 23.7 Å². The number of ether oxygens (including phenoxy) is 2. The van der Waals surface area contributed by atoms with Gasteiger partial charge in [0.2, 0.25) is 0 Å². The molecule has 0 spiro atoms. The van der Waals surface area contributed by atoms with E-state index < -0.39 is 0 Å². The minimum absolute atomic E-state index is 0.262. The van der Waals surface area contributed by atoms with Crippen molar-refractivity contribution in [2.45, 2.75) is 6.92 Å². The molecular weight excluding hydrogens is 337 g/mol. The van der Waals surface area contributed by atoms with E-state index in [1.54, 1.807) is 12.1 Å². The average molecular weight is 354 g/mol. The second-order valence-corrected chi connectivity index (χ2v) is 5.48. The number of amides is 1. The van der Waals surface area contributed by atoms with Gasteiger partial charge in [0.15, 0.2) is 0 Å². The fraction of sp³-hybridized carbons (Fsp3) is 0.235. The maximum absolute atomic E-state index is 12.0. The number of benzene rings is 2. The van der Waals surface area contributed by atoms with Crippen LogP contribution in [0.2, 0.25) is 10.0 Å². The Balaban J connectivity index is 1.77. The molecule has 4 nitrogen and oxygen atoms in total. The highest BCUT2D eigenvalue weighted by Gasteiger charge is 2.09. The molecule has 0 bridgehead atoms. The molecule has 0 unspecified atom stereocenters. The molecule has 0 saturated carbocycles. The van der Waals surface area contributed by atoms with E-state index >= 15 is 0 Å². The van der Waals surface area contributed by atoms with Gasteiger partial charge in [-0.15, -0.1) is 0 Å². The number of hydrogen-bond donors (Lipinski definition) is 1. The molecule has 0 fully saturated rings. The largest absolute Gasteiger partial charge is 0.494 e. The van der Waals surface area contributed by atoms with Crippen molar-refractivity contribution in [3.8, 4) is 11.5 Å². The van der Waals surface area contributed by atoms with Gasteiger partial charge in [-0.3, -0.25) is 4.79 Å². The van der Waals surface area contributed by atoms with Crippen LogP contribution >= 0.6 is 23.2 Å². The maximum atomic E-state index is 12.0. The molecule has 2 aromatic carbocycles. The molecular formula is C17H17Cl2NO3. The molecule has 0 heterocycles. The lowest BCUT2D eigenvalue weighted by atomic mass is 10.2. The lowest BCUT2D eigenvalue weighted by Crippen LogP contribution is -2.28. The predicted molar refractivity (Wildman–Crippen MR) is 91.9 cm³/mol. The summed E-state index contributed by atoms with van der Waals surface area (Å²) in [4.78, 5) is 12.0. The summed E-state index contributed by atoms with van der Waals surface area (Å²) in [7, 11) is 0. The van der Waals surface area contributed by atoms with Crippen molar-refractivity contribution < 1.29 is 14.3 Å². The summed E-state index contributed by atoms with van der Waals surface area (Å²) in [5.74, 6) is 1.25. The first-order valence-corrected chi connectivity index (χ1v) is 7.94. The Hall–Kier alpha value is -1.91. The second-order valence-electron chi connectivity index (χ2n) is 4.63. The number of carbonyl (C=O) groups is 1. The van der Waals surface area contributed by atoms with Gasteiger partial charge in [-0.2, -0.15) is 0 Å². The first-order valence-electron chi connectivity index (χ1n) is 7.19. The highest BCUT2D eigenvalue weighted by molar-refractivity contribution is 6.36. The SMILES string of the molecule is CCOc1ccc(OCCNC(=O)c2ccc(Cl)cc2Cl)cc1. The van der Waals surface area contributed by atoms with Gasteiger partial charge in [-0.25, -0.2) is 0 Å².